The molecule has 3 rings (SSSR count). The Bertz CT molecular complexity index is 846. The van der Waals surface area contributed by atoms with Crippen molar-refractivity contribution in [3.63, 3.8) is 0 Å². The highest BCUT2D eigenvalue weighted by molar-refractivity contribution is 5.77. The van der Waals surface area contributed by atoms with Crippen molar-refractivity contribution in [2.24, 2.45) is 0 Å². The Kier molecular flexibility index (Phi) is 5.11. The molecule has 1 N–H and O–H groups in total. The first kappa shape index (κ1) is 17.1. The normalized spacial score (nSPS) is 15.2. The lowest BCUT2D eigenvalue weighted by atomic mass is 10.2. The van der Waals surface area contributed by atoms with Crippen molar-refractivity contribution in [1.82, 2.24) is 19.8 Å². The van der Waals surface area contributed by atoms with Gasteiger partial charge in [0, 0.05) is 45.9 Å². The highest BCUT2D eigenvalue weighted by Crippen LogP contribution is 2.09. The van der Waals surface area contributed by atoms with Crippen LogP contribution >= 0.6 is 0 Å². The van der Waals surface area contributed by atoms with E-state index >= 15 is 0 Å². The van der Waals surface area contributed by atoms with E-state index in [1.807, 2.05) is 18.2 Å². The molecule has 1 fully saturated rings. The highest BCUT2D eigenvalue weighted by atomic mass is 16.2. The van der Waals surface area contributed by atoms with E-state index in [0.717, 1.165) is 11.9 Å². The first-order valence-electron chi connectivity index (χ1n) is 8.56. The minimum absolute atomic E-state index is 0.000222. The molecule has 0 bridgehead atoms. The van der Waals surface area contributed by atoms with E-state index in [2.05, 4.69) is 9.97 Å². The number of rotatable bonds is 3. The predicted octanol–water partition coefficient (Wildman–Crippen LogP) is 0.936. The summed E-state index contributed by atoms with van der Waals surface area (Å²) in [6.45, 7) is 3.99. The molecule has 7 nitrogen and oxygen atoms in total. The van der Waals surface area contributed by atoms with Crippen molar-refractivity contribution in [1.29, 1.82) is 0 Å². The van der Waals surface area contributed by atoms with Crippen LogP contribution in [0.25, 0.3) is 11.0 Å². The Labute approximate surface area is 145 Å². The van der Waals surface area contributed by atoms with Gasteiger partial charge in [-0.05, 0) is 18.6 Å². The van der Waals surface area contributed by atoms with Crippen LogP contribution in [0, 0.1) is 0 Å². The second-order valence-electron chi connectivity index (χ2n) is 6.27. The molecule has 2 amide bonds. The molecule has 25 heavy (non-hydrogen) atoms. The monoisotopic (exact) mass is 342 g/mol. The number of aromatic nitrogens is 2. The summed E-state index contributed by atoms with van der Waals surface area (Å²) >= 11 is 0. The number of aromatic amines is 1. The molecule has 0 saturated carbocycles. The molecule has 0 unspecified atom stereocenters. The van der Waals surface area contributed by atoms with E-state index in [1.54, 1.807) is 22.8 Å². The van der Waals surface area contributed by atoms with Gasteiger partial charge in [0.15, 0.2) is 0 Å². The highest BCUT2D eigenvalue weighted by Gasteiger charge is 2.20. The van der Waals surface area contributed by atoms with Crippen LogP contribution in [0.3, 0.4) is 0 Å². The minimum atomic E-state index is -0.245. The van der Waals surface area contributed by atoms with Gasteiger partial charge in [-0.15, -0.1) is 0 Å². The van der Waals surface area contributed by atoms with Crippen LogP contribution in [-0.2, 0) is 16.0 Å². The smallest absolute Gasteiger partial charge is 0.270 e. The van der Waals surface area contributed by atoms with Gasteiger partial charge in [0.2, 0.25) is 11.8 Å². The number of para-hydroxylation sites is 2. The summed E-state index contributed by atoms with van der Waals surface area (Å²) < 4.78 is 0. The molecule has 132 valence electrons. The van der Waals surface area contributed by atoms with Gasteiger partial charge < -0.3 is 14.8 Å². The zero-order valence-corrected chi connectivity index (χ0v) is 14.3. The molecule has 1 aliphatic heterocycles. The maximum Gasteiger partial charge on any atom is 0.270 e. The average molecular weight is 342 g/mol. The van der Waals surface area contributed by atoms with Crippen molar-refractivity contribution >= 4 is 22.8 Å². The number of nitrogens with one attached hydrogen (secondary N) is 1. The third-order valence-electron chi connectivity index (χ3n) is 4.54. The lowest BCUT2D eigenvalue weighted by Gasteiger charge is -2.21. The van der Waals surface area contributed by atoms with Crippen LogP contribution in [0.1, 0.15) is 25.5 Å². The van der Waals surface area contributed by atoms with Gasteiger partial charge >= 0.3 is 0 Å². The Hall–Kier alpha value is -2.70. The molecule has 1 saturated heterocycles. The van der Waals surface area contributed by atoms with E-state index in [0.29, 0.717) is 43.8 Å². The second kappa shape index (κ2) is 7.46. The van der Waals surface area contributed by atoms with Crippen molar-refractivity contribution in [2.45, 2.75) is 26.2 Å². The maximum atomic E-state index is 12.5. The Morgan fingerprint density at radius 2 is 1.84 bits per heavy atom. The molecular weight excluding hydrogens is 320 g/mol. The molecular formula is C18H22N4O3. The summed E-state index contributed by atoms with van der Waals surface area (Å²) in [5.41, 5.74) is 1.55. The van der Waals surface area contributed by atoms with Gasteiger partial charge in [-0.1, -0.05) is 12.1 Å². The van der Waals surface area contributed by atoms with Crippen LogP contribution in [0.4, 0.5) is 0 Å². The van der Waals surface area contributed by atoms with Gasteiger partial charge in [0.1, 0.15) is 5.69 Å². The number of amides is 2. The summed E-state index contributed by atoms with van der Waals surface area (Å²) in [6, 6.07) is 7.34. The zero-order valence-electron chi connectivity index (χ0n) is 14.3. The van der Waals surface area contributed by atoms with Crippen molar-refractivity contribution in [3.8, 4) is 0 Å². The number of nitrogens with zero attached hydrogens (tertiary/aromatic N) is 3. The average Bonchev–Trinajstić information content (AvgIpc) is 2.86. The Balaban J connectivity index is 1.63. The first-order chi connectivity index (χ1) is 12.0. The van der Waals surface area contributed by atoms with Gasteiger partial charge in [-0.25, -0.2) is 4.98 Å². The third kappa shape index (κ3) is 4.04. The Morgan fingerprint density at radius 1 is 1.12 bits per heavy atom. The quantitative estimate of drug-likeness (QED) is 0.899. The fourth-order valence-corrected chi connectivity index (χ4v) is 3.10. The number of carbonyl (C=O) groups excluding carboxylic acids is 2. The fraction of sp³-hybridized carbons (Fsp3) is 0.444. The fourth-order valence-electron chi connectivity index (χ4n) is 3.10. The lowest BCUT2D eigenvalue weighted by molar-refractivity contribution is -0.132. The largest absolute Gasteiger partial charge is 0.341 e. The van der Waals surface area contributed by atoms with Gasteiger partial charge in [-0.2, -0.15) is 0 Å². The third-order valence-corrected chi connectivity index (χ3v) is 4.54. The molecule has 1 aromatic heterocycles. The van der Waals surface area contributed by atoms with Gasteiger partial charge in [-0.3, -0.25) is 14.4 Å². The summed E-state index contributed by atoms with van der Waals surface area (Å²) in [6.07, 6.45) is 1.33. The number of benzene rings is 1. The molecule has 7 heteroatoms. The number of carbonyl (C=O) groups is 2. The molecule has 0 aliphatic carbocycles. The van der Waals surface area contributed by atoms with E-state index in [4.69, 9.17) is 0 Å². The molecule has 1 aliphatic rings. The minimum Gasteiger partial charge on any atom is -0.341 e. The van der Waals surface area contributed by atoms with Crippen LogP contribution in [0.5, 0.6) is 0 Å². The first-order valence-corrected chi connectivity index (χ1v) is 8.56. The maximum absolute atomic E-state index is 12.5. The number of aryl methyl sites for hydroxylation is 1. The van der Waals surface area contributed by atoms with Gasteiger partial charge in [0.25, 0.3) is 5.56 Å². The van der Waals surface area contributed by atoms with E-state index in [-0.39, 0.29) is 23.8 Å². The van der Waals surface area contributed by atoms with Crippen LogP contribution in [0.15, 0.2) is 29.1 Å². The van der Waals surface area contributed by atoms with Gasteiger partial charge in [0.05, 0.1) is 11.0 Å². The Morgan fingerprint density at radius 3 is 2.64 bits per heavy atom. The summed E-state index contributed by atoms with van der Waals surface area (Å²) in [5.74, 6) is 0.0426. The molecule has 0 atom stereocenters. The van der Waals surface area contributed by atoms with E-state index < -0.39 is 0 Å². The summed E-state index contributed by atoms with van der Waals surface area (Å²) in [5, 5.41) is 0. The molecule has 0 spiro atoms. The standard InChI is InChI=1S/C18H22N4O3/c1-13(23)21-9-4-10-22(12-11-21)17(24)8-7-16-18(25)20-15-6-3-2-5-14(15)19-16/h2-3,5-6H,4,7-12H2,1H3,(H,20,25). The van der Waals surface area contributed by atoms with Crippen molar-refractivity contribution in [2.75, 3.05) is 26.2 Å². The lowest BCUT2D eigenvalue weighted by Crippen LogP contribution is -2.36. The van der Waals surface area contributed by atoms with Crippen molar-refractivity contribution < 1.29 is 9.59 Å². The second-order valence-corrected chi connectivity index (χ2v) is 6.27. The van der Waals surface area contributed by atoms with E-state index in [9.17, 15) is 14.4 Å². The van der Waals surface area contributed by atoms with E-state index in [1.165, 1.54) is 0 Å². The summed E-state index contributed by atoms with van der Waals surface area (Å²) in [7, 11) is 0. The number of hydrogen-bond acceptors (Lipinski definition) is 4. The summed E-state index contributed by atoms with van der Waals surface area (Å²) in [4.78, 5) is 46.7. The predicted molar refractivity (Wildman–Crippen MR) is 94.1 cm³/mol. The van der Waals surface area contributed by atoms with Crippen LogP contribution in [0.2, 0.25) is 0 Å². The van der Waals surface area contributed by atoms with Crippen LogP contribution in [-0.4, -0.2) is 57.8 Å². The van der Waals surface area contributed by atoms with Crippen molar-refractivity contribution in [3.05, 3.63) is 40.3 Å². The molecule has 1 aromatic carbocycles. The topological polar surface area (TPSA) is 86.4 Å². The number of fused-ring (bicyclic) bond motifs is 1. The SMILES string of the molecule is CC(=O)N1CCCN(C(=O)CCc2nc3ccccc3[nH]c2=O)CC1. The molecule has 0 radical (unpaired) electrons. The molecule has 2 aromatic rings. The zero-order chi connectivity index (χ0) is 17.8. The number of H-pyrrole nitrogens is 1. The number of hydrogen-bond donors (Lipinski definition) is 1. The van der Waals surface area contributed by atoms with Crippen LogP contribution < -0.4 is 5.56 Å². The molecule has 2 heterocycles.